The zero-order chi connectivity index (χ0) is 11.9. The Hall–Kier alpha value is -0.610. The molecule has 0 atom stereocenters. The normalized spacial score (nSPS) is 16.5. The average molecular weight is 251 g/mol. The molecule has 4 heteroatoms. The molecule has 0 radical (unpaired) electrons. The molecular formula is C13H21N3S. The highest BCUT2D eigenvalue weighted by Gasteiger charge is 2.17. The van der Waals surface area contributed by atoms with Crippen LogP contribution in [0.5, 0.6) is 0 Å². The molecule has 1 aliphatic carbocycles. The molecule has 0 unspecified atom stereocenters. The van der Waals surface area contributed by atoms with Crippen LogP contribution in [-0.2, 0) is 6.54 Å². The first kappa shape index (κ1) is 12.8. The van der Waals surface area contributed by atoms with Crippen LogP contribution in [0.15, 0.2) is 17.6 Å². The van der Waals surface area contributed by atoms with Gasteiger partial charge in [0.2, 0.25) is 0 Å². The molecule has 1 aliphatic rings. The second-order valence-corrected chi connectivity index (χ2v) is 5.84. The lowest BCUT2D eigenvalue weighted by Crippen LogP contribution is -2.14. The van der Waals surface area contributed by atoms with Crippen LogP contribution in [0.2, 0.25) is 0 Å². The van der Waals surface area contributed by atoms with Crippen LogP contribution >= 0.6 is 11.8 Å². The standard InChI is InChI=1S/C13H21N3S/c1-2-7-14-8-11-9-15-13(16-10-11)17-12-5-3-4-6-12/h9-10,12,14H,2-8H2,1H3. The Morgan fingerprint density at radius 3 is 2.65 bits per heavy atom. The summed E-state index contributed by atoms with van der Waals surface area (Å²) in [5.74, 6) is 0. The third kappa shape index (κ3) is 4.28. The van der Waals surface area contributed by atoms with Gasteiger partial charge in [-0.05, 0) is 25.8 Å². The van der Waals surface area contributed by atoms with Gasteiger partial charge in [0.1, 0.15) is 0 Å². The van der Waals surface area contributed by atoms with Gasteiger partial charge in [0.05, 0.1) is 0 Å². The van der Waals surface area contributed by atoms with Crippen molar-refractivity contribution in [2.24, 2.45) is 0 Å². The third-order valence-electron chi connectivity index (χ3n) is 3.01. The first-order valence-electron chi connectivity index (χ1n) is 6.57. The van der Waals surface area contributed by atoms with E-state index in [0.717, 1.165) is 29.9 Å². The fraction of sp³-hybridized carbons (Fsp3) is 0.692. The van der Waals surface area contributed by atoms with Gasteiger partial charge in [-0.3, -0.25) is 0 Å². The smallest absolute Gasteiger partial charge is 0.187 e. The summed E-state index contributed by atoms with van der Waals surface area (Å²) in [5, 5.41) is 5.05. The summed E-state index contributed by atoms with van der Waals surface area (Å²) < 4.78 is 0. The van der Waals surface area contributed by atoms with Gasteiger partial charge in [0.25, 0.3) is 0 Å². The molecule has 1 heterocycles. The third-order valence-corrected chi connectivity index (χ3v) is 4.24. The zero-order valence-electron chi connectivity index (χ0n) is 10.5. The number of nitrogens with zero attached hydrogens (tertiary/aromatic N) is 2. The Balaban J connectivity index is 1.80. The zero-order valence-corrected chi connectivity index (χ0v) is 11.3. The molecule has 0 spiro atoms. The molecule has 0 amide bonds. The van der Waals surface area contributed by atoms with Crippen molar-refractivity contribution in [1.82, 2.24) is 15.3 Å². The Labute approximate surface area is 108 Å². The maximum atomic E-state index is 4.43. The molecule has 2 rings (SSSR count). The Kier molecular flexibility index (Phi) is 5.26. The largest absolute Gasteiger partial charge is 0.313 e. The van der Waals surface area contributed by atoms with Crippen molar-refractivity contribution < 1.29 is 0 Å². The molecule has 1 fully saturated rings. The van der Waals surface area contributed by atoms with E-state index in [1.54, 1.807) is 0 Å². The van der Waals surface area contributed by atoms with E-state index in [2.05, 4.69) is 22.2 Å². The highest BCUT2D eigenvalue weighted by atomic mass is 32.2. The van der Waals surface area contributed by atoms with Crippen LogP contribution in [-0.4, -0.2) is 21.8 Å². The lowest BCUT2D eigenvalue weighted by Gasteiger charge is -2.07. The van der Waals surface area contributed by atoms with Gasteiger partial charge in [-0.2, -0.15) is 0 Å². The van der Waals surface area contributed by atoms with E-state index in [0.29, 0.717) is 0 Å². The maximum Gasteiger partial charge on any atom is 0.187 e. The molecule has 17 heavy (non-hydrogen) atoms. The molecule has 0 saturated heterocycles. The lowest BCUT2D eigenvalue weighted by atomic mass is 10.3. The number of aromatic nitrogens is 2. The van der Waals surface area contributed by atoms with Crippen LogP contribution in [0.3, 0.4) is 0 Å². The predicted molar refractivity (Wildman–Crippen MR) is 72.1 cm³/mol. The highest BCUT2D eigenvalue weighted by Crippen LogP contribution is 2.32. The van der Waals surface area contributed by atoms with Gasteiger partial charge in [-0.25, -0.2) is 9.97 Å². The van der Waals surface area contributed by atoms with Crippen molar-refractivity contribution in [2.45, 2.75) is 56.0 Å². The van der Waals surface area contributed by atoms with E-state index >= 15 is 0 Å². The van der Waals surface area contributed by atoms with Gasteiger partial charge in [0.15, 0.2) is 5.16 Å². The topological polar surface area (TPSA) is 37.8 Å². The fourth-order valence-corrected chi connectivity index (χ4v) is 3.15. The number of hydrogen-bond acceptors (Lipinski definition) is 4. The minimum atomic E-state index is 0.749. The quantitative estimate of drug-likeness (QED) is 0.623. The minimum Gasteiger partial charge on any atom is -0.313 e. The summed E-state index contributed by atoms with van der Waals surface area (Å²) in [6.07, 6.45) is 10.5. The van der Waals surface area contributed by atoms with Crippen molar-refractivity contribution in [3.8, 4) is 0 Å². The summed E-state index contributed by atoms with van der Waals surface area (Å²) in [6, 6.07) is 0. The predicted octanol–water partition coefficient (Wildman–Crippen LogP) is 3.01. The lowest BCUT2D eigenvalue weighted by molar-refractivity contribution is 0.669. The maximum absolute atomic E-state index is 4.43. The minimum absolute atomic E-state index is 0.749. The summed E-state index contributed by atoms with van der Waals surface area (Å²) >= 11 is 1.85. The summed E-state index contributed by atoms with van der Waals surface area (Å²) in [4.78, 5) is 8.87. The number of nitrogens with one attached hydrogen (secondary N) is 1. The highest BCUT2D eigenvalue weighted by molar-refractivity contribution is 7.99. The first-order valence-corrected chi connectivity index (χ1v) is 7.44. The summed E-state index contributed by atoms with van der Waals surface area (Å²) in [5.41, 5.74) is 1.18. The molecule has 0 aromatic carbocycles. The van der Waals surface area contributed by atoms with Gasteiger partial charge < -0.3 is 5.32 Å². The second kappa shape index (κ2) is 6.97. The Morgan fingerprint density at radius 1 is 1.29 bits per heavy atom. The summed E-state index contributed by atoms with van der Waals surface area (Å²) in [7, 11) is 0. The molecule has 94 valence electrons. The molecular weight excluding hydrogens is 230 g/mol. The van der Waals surface area contributed by atoms with Crippen LogP contribution in [0, 0.1) is 0 Å². The molecule has 0 bridgehead atoms. The van der Waals surface area contributed by atoms with Crippen LogP contribution in [0.25, 0.3) is 0 Å². The van der Waals surface area contributed by atoms with E-state index in [1.165, 1.54) is 31.2 Å². The molecule has 3 nitrogen and oxygen atoms in total. The molecule has 1 saturated carbocycles. The van der Waals surface area contributed by atoms with Crippen molar-refractivity contribution >= 4 is 11.8 Å². The summed E-state index contributed by atoms with van der Waals surface area (Å²) in [6.45, 7) is 4.10. The molecule has 1 aromatic heterocycles. The van der Waals surface area contributed by atoms with Crippen molar-refractivity contribution in [1.29, 1.82) is 0 Å². The number of thioether (sulfide) groups is 1. The van der Waals surface area contributed by atoms with Gasteiger partial charge in [0, 0.05) is 29.8 Å². The molecule has 0 aliphatic heterocycles. The fourth-order valence-electron chi connectivity index (χ4n) is 2.06. The van der Waals surface area contributed by atoms with E-state index in [-0.39, 0.29) is 0 Å². The monoisotopic (exact) mass is 251 g/mol. The van der Waals surface area contributed by atoms with Gasteiger partial charge >= 0.3 is 0 Å². The average Bonchev–Trinajstić information content (AvgIpc) is 2.85. The SMILES string of the molecule is CCCNCc1cnc(SC2CCCC2)nc1. The van der Waals surface area contributed by atoms with E-state index in [9.17, 15) is 0 Å². The van der Waals surface area contributed by atoms with Crippen LogP contribution in [0.1, 0.15) is 44.6 Å². The molecule has 1 N–H and O–H groups in total. The first-order chi connectivity index (χ1) is 8.38. The van der Waals surface area contributed by atoms with E-state index in [1.807, 2.05) is 24.2 Å². The number of rotatable bonds is 6. The second-order valence-electron chi connectivity index (χ2n) is 4.57. The van der Waals surface area contributed by atoms with Gasteiger partial charge in [-0.1, -0.05) is 31.5 Å². The van der Waals surface area contributed by atoms with Crippen molar-refractivity contribution in [2.75, 3.05) is 6.54 Å². The van der Waals surface area contributed by atoms with Crippen molar-refractivity contribution in [3.05, 3.63) is 18.0 Å². The van der Waals surface area contributed by atoms with Crippen molar-refractivity contribution in [3.63, 3.8) is 0 Å². The number of hydrogen-bond donors (Lipinski definition) is 1. The Bertz CT molecular complexity index is 320. The van der Waals surface area contributed by atoms with E-state index < -0.39 is 0 Å². The van der Waals surface area contributed by atoms with Gasteiger partial charge in [-0.15, -0.1) is 0 Å². The van der Waals surface area contributed by atoms with Crippen LogP contribution in [0.4, 0.5) is 0 Å². The Morgan fingerprint density at radius 2 is 2.00 bits per heavy atom. The van der Waals surface area contributed by atoms with E-state index in [4.69, 9.17) is 0 Å². The van der Waals surface area contributed by atoms with Crippen LogP contribution < -0.4 is 5.32 Å². The molecule has 1 aromatic rings.